The Morgan fingerprint density at radius 3 is 1.76 bits per heavy atom. The highest BCUT2D eigenvalue weighted by Crippen LogP contribution is 2.36. The molecule has 0 atom stereocenters. The van der Waals surface area contributed by atoms with Gasteiger partial charge < -0.3 is 9.80 Å². The summed E-state index contributed by atoms with van der Waals surface area (Å²) < 4.78 is 0. The van der Waals surface area contributed by atoms with E-state index < -0.39 is 0 Å². The highest BCUT2D eigenvalue weighted by molar-refractivity contribution is 5.76. The quantitative estimate of drug-likeness (QED) is 0.197. The smallest absolute Gasteiger partial charge is 0.0462 e. The molecule has 2 nitrogen and oxygen atoms in total. The van der Waals surface area contributed by atoms with Crippen molar-refractivity contribution in [2.45, 2.75) is 33.6 Å². The Morgan fingerprint density at radius 1 is 0.659 bits per heavy atom. The molecule has 0 heterocycles. The van der Waals surface area contributed by atoms with Crippen LogP contribution in [-0.4, -0.2) is 0 Å². The molecule has 0 unspecified atom stereocenters. The summed E-state index contributed by atoms with van der Waals surface area (Å²) in [6.07, 6.45) is 14.7. The molecule has 0 radical (unpaired) electrons. The lowest BCUT2D eigenvalue weighted by molar-refractivity contribution is 0.875. The van der Waals surface area contributed by atoms with E-state index in [0.717, 1.165) is 29.9 Å². The van der Waals surface area contributed by atoms with Gasteiger partial charge in [-0.15, -0.1) is 0 Å². The molecule has 41 heavy (non-hydrogen) atoms. The number of benzene rings is 4. The Balaban J connectivity index is 1.46. The summed E-state index contributed by atoms with van der Waals surface area (Å²) in [5.41, 5.74) is 12.0. The zero-order valence-electron chi connectivity index (χ0n) is 24.3. The van der Waals surface area contributed by atoms with Crippen molar-refractivity contribution >= 4 is 22.7 Å². The van der Waals surface area contributed by atoms with Gasteiger partial charge in [0, 0.05) is 34.1 Å². The number of anilines is 4. The average molecular weight is 535 g/mol. The fourth-order valence-electron chi connectivity index (χ4n) is 5.22. The Morgan fingerprint density at radius 2 is 1.22 bits per heavy atom. The maximum Gasteiger partial charge on any atom is 0.0462 e. The van der Waals surface area contributed by atoms with E-state index >= 15 is 0 Å². The van der Waals surface area contributed by atoms with Crippen LogP contribution in [0, 0.1) is 6.92 Å². The molecule has 0 N–H and O–H groups in total. The Hall–Kier alpha value is -4.82. The van der Waals surface area contributed by atoms with Crippen LogP contribution in [0.1, 0.15) is 32.3 Å². The van der Waals surface area contributed by atoms with Crippen LogP contribution < -0.4 is 9.80 Å². The van der Waals surface area contributed by atoms with Crippen molar-refractivity contribution in [2.24, 2.45) is 0 Å². The van der Waals surface area contributed by atoms with Gasteiger partial charge in [0.2, 0.25) is 0 Å². The molecular formula is C39H38N2. The van der Waals surface area contributed by atoms with Gasteiger partial charge in [0.1, 0.15) is 0 Å². The fraction of sp³-hybridized carbons (Fsp3) is 0.128. The highest BCUT2D eigenvalue weighted by Gasteiger charge is 2.17. The highest BCUT2D eigenvalue weighted by atomic mass is 15.2. The summed E-state index contributed by atoms with van der Waals surface area (Å²) in [5, 5.41) is 0. The normalized spacial score (nSPS) is 13.5. The molecule has 5 rings (SSSR count). The van der Waals surface area contributed by atoms with Gasteiger partial charge in [-0.1, -0.05) is 90.5 Å². The lowest BCUT2D eigenvalue weighted by atomic mass is 10.0. The average Bonchev–Trinajstić information content (AvgIpc) is 3.01. The second-order valence-corrected chi connectivity index (χ2v) is 10.4. The molecule has 1 aliphatic rings. The first kappa shape index (κ1) is 27.7. The standard InChI is InChI=1S/C39H38N2/c1-5-10-34(11-6-2)40(36-22-14-30(3)15-23-36)38-26-18-32(19-27-38)33-20-28-39(29-21-33)41(35-12-8-7-9-13-35)37-24-16-31(4)17-25-37/h5-16,18-24,26-29H,1,17,25H2,2-4H3/b11-6-,34-10+. The number of hydrogen-bond donors (Lipinski definition) is 0. The molecule has 4 aromatic rings. The van der Waals surface area contributed by atoms with Crippen LogP contribution in [0.5, 0.6) is 0 Å². The summed E-state index contributed by atoms with van der Waals surface area (Å²) in [4.78, 5) is 4.64. The van der Waals surface area contributed by atoms with Crippen LogP contribution in [0.25, 0.3) is 11.1 Å². The number of aryl methyl sites for hydroxylation is 1. The number of hydrogen-bond acceptors (Lipinski definition) is 2. The van der Waals surface area contributed by atoms with Crippen LogP contribution in [0.4, 0.5) is 22.7 Å². The van der Waals surface area contributed by atoms with Crippen LogP contribution in [0.2, 0.25) is 0 Å². The zero-order chi connectivity index (χ0) is 28.6. The predicted octanol–water partition coefficient (Wildman–Crippen LogP) is 11.2. The topological polar surface area (TPSA) is 6.48 Å². The maximum absolute atomic E-state index is 3.95. The SMILES string of the molecule is C=C/C=C(\C=C/C)N(c1ccc(C)cc1)c1ccc(-c2ccc(N(C3=CC=C(C)CC3)c3ccccc3)cc2)cc1. The van der Waals surface area contributed by atoms with Crippen molar-refractivity contribution in [3.63, 3.8) is 0 Å². The van der Waals surface area contributed by atoms with Gasteiger partial charge >= 0.3 is 0 Å². The minimum absolute atomic E-state index is 1.04. The summed E-state index contributed by atoms with van der Waals surface area (Å²) in [6, 6.07) is 37.0. The minimum Gasteiger partial charge on any atom is -0.314 e. The molecule has 4 aromatic carbocycles. The first-order valence-electron chi connectivity index (χ1n) is 14.3. The minimum atomic E-state index is 1.04. The summed E-state index contributed by atoms with van der Waals surface area (Å²) >= 11 is 0. The van der Waals surface area contributed by atoms with E-state index in [0.29, 0.717) is 0 Å². The summed E-state index contributed by atoms with van der Waals surface area (Å²) in [7, 11) is 0. The second kappa shape index (κ2) is 13.0. The maximum atomic E-state index is 3.95. The van der Waals surface area contributed by atoms with Crippen molar-refractivity contribution in [3.05, 3.63) is 169 Å². The van der Waals surface area contributed by atoms with E-state index in [4.69, 9.17) is 0 Å². The Kier molecular flexibility index (Phi) is 8.81. The van der Waals surface area contributed by atoms with Crippen LogP contribution in [-0.2, 0) is 0 Å². The van der Waals surface area contributed by atoms with Crippen LogP contribution >= 0.6 is 0 Å². The molecule has 0 bridgehead atoms. The van der Waals surface area contributed by atoms with E-state index in [9.17, 15) is 0 Å². The third-order valence-corrected chi connectivity index (χ3v) is 7.40. The zero-order valence-corrected chi connectivity index (χ0v) is 24.3. The fourth-order valence-corrected chi connectivity index (χ4v) is 5.22. The van der Waals surface area contributed by atoms with Gasteiger partial charge in [-0.3, -0.25) is 0 Å². The van der Waals surface area contributed by atoms with Crippen LogP contribution in [0.15, 0.2) is 163 Å². The number of allylic oxidation sites excluding steroid dienone is 8. The molecule has 1 aliphatic carbocycles. The van der Waals surface area contributed by atoms with Gasteiger partial charge in [0.15, 0.2) is 0 Å². The van der Waals surface area contributed by atoms with E-state index in [-0.39, 0.29) is 0 Å². The van der Waals surface area contributed by atoms with E-state index in [1.54, 1.807) is 0 Å². The largest absolute Gasteiger partial charge is 0.314 e. The summed E-state index contributed by atoms with van der Waals surface area (Å²) in [6.45, 7) is 10.3. The molecule has 204 valence electrons. The van der Waals surface area contributed by atoms with Crippen molar-refractivity contribution in [2.75, 3.05) is 9.80 Å². The predicted molar refractivity (Wildman–Crippen MR) is 178 cm³/mol. The van der Waals surface area contributed by atoms with Gasteiger partial charge in [-0.2, -0.15) is 0 Å². The van der Waals surface area contributed by atoms with Crippen molar-refractivity contribution in [3.8, 4) is 11.1 Å². The molecule has 0 fully saturated rings. The first-order valence-corrected chi connectivity index (χ1v) is 14.3. The Bertz CT molecular complexity index is 1580. The molecule has 0 saturated heterocycles. The van der Waals surface area contributed by atoms with E-state index in [2.05, 4.69) is 158 Å². The third kappa shape index (κ3) is 6.50. The van der Waals surface area contributed by atoms with Crippen molar-refractivity contribution in [1.82, 2.24) is 0 Å². The third-order valence-electron chi connectivity index (χ3n) is 7.40. The van der Waals surface area contributed by atoms with E-state index in [1.807, 2.05) is 19.1 Å². The first-order chi connectivity index (χ1) is 20.1. The second-order valence-electron chi connectivity index (χ2n) is 10.4. The van der Waals surface area contributed by atoms with Gasteiger partial charge in [-0.05, 0) is 111 Å². The van der Waals surface area contributed by atoms with Gasteiger partial charge in [0.05, 0.1) is 0 Å². The molecule has 0 saturated carbocycles. The van der Waals surface area contributed by atoms with Crippen molar-refractivity contribution in [1.29, 1.82) is 0 Å². The number of nitrogens with zero attached hydrogens (tertiary/aromatic N) is 2. The van der Waals surface area contributed by atoms with E-state index in [1.165, 1.54) is 39.3 Å². The van der Waals surface area contributed by atoms with Gasteiger partial charge in [0.25, 0.3) is 0 Å². The molecular weight excluding hydrogens is 496 g/mol. The Labute approximate surface area is 245 Å². The lowest BCUT2D eigenvalue weighted by Gasteiger charge is -2.29. The monoisotopic (exact) mass is 534 g/mol. The molecule has 0 spiro atoms. The number of para-hydroxylation sites is 1. The summed E-state index contributed by atoms with van der Waals surface area (Å²) in [5.74, 6) is 0. The molecule has 0 amide bonds. The molecule has 0 aromatic heterocycles. The van der Waals surface area contributed by atoms with Gasteiger partial charge in [-0.25, -0.2) is 0 Å². The lowest BCUT2D eigenvalue weighted by Crippen LogP contribution is -2.17. The number of rotatable bonds is 9. The molecule has 0 aliphatic heterocycles. The molecule has 2 heteroatoms. The van der Waals surface area contributed by atoms with Crippen molar-refractivity contribution < 1.29 is 0 Å². The van der Waals surface area contributed by atoms with Crippen LogP contribution in [0.3, 0.4) is 0 Å².